The minimum absolute atomic E-state index is 0.0271. The Bertz CT molecular complexity index is 457. The van der Waals surface area contributed by atoms with Crippen molar-refractivity contribution < 1.29 is 4.74 Å². The van der Waals surface area contributed by atoms with Crippen LogP contribution in [0, 0.1) is 0 Å². The molecule has 0 spiro atoms. The molecule has 1 aliphatic heterocycles. The van der Waals surface area contributed by atoms with Crippen molar-refractivity contribution in [2.45, 2.75) is 19.4 Å². The lowest BCUT2D eigenvalue weighted by molar-refractivity contribution is 0.245. The normalized spacial score (nSPS) is 19.7. The number of nitrogens with one attached hydrogen (secondary N) is 1. The highest BCUT2D eigenvalue weighted by molar-refractivity contribution is 5.27. The summed E-state index contributed by atoms with van der Waals surface area (Å²) in [6.45, 7) is 1.86. The maximum Gasteiger partial charge on any atom is 0.330 e. The van der Waals surface area contributed by atoms with Crippen LogP contribution in [0.4, 0.5) is 0 Å². The molecule has 0 radical (unpaired) electrons. The zero-order valence-electron chi connectivity index (χ0n) is 7.46. The van der Waals surface area contributed by atoms with Crippen molar-refractivity contribution in [3.63, 3.8) is 0 Å². The van der Waals surface area contributed by atoms with Crippen molar-refractivity contribution in [3.05, 3.63) is 26.4 Å². The van der Waals surface area contributed by atoms with E-state index in [9.17, 15) is 9.59 Å². The predicted molar refractivity (Wildman–Crippen MR) is 46.1 cm³/mol. The number of aromatic amines is 1. The summed E-state index contributed by atoms with van der Waals surface area (Å²) in [5, 5.41) is 0. The first-order valence-electron chi connectivity index (χ1n) is 4.08. The predicted octanol–water partition coefficient (Wildman–Crippen LogP) is -0.603. The second kappa shape index (κ2) is 2.48. The van der Waals surface area contributed by atoms with Crippen molar-refractivity contribution in [3.8, 4) is 5.88 Å². The third-order valence-corrected chi connectivity index (χ3v) is 2.17. The Morgan fingerprint density at radius 2 is 2.23 bits per heavy atom. The van der Waals surface area contributed by atoms with Gasteiger partial charge in [-0.1, -0.05) is 0 Å². The van der Waals surface area contributed by atoms with Crippen LogP contribution in [0.15, 0.2) is 9.59 Å². The second-order valence-electron chi connectivity index (χ2n) is 3.23. The molecule has 1 aromatic heterocycles. The fourth-order valence-electron chi connectivity index (χ4n) is 1.46. The van der Waals surface area contributed by atoms with Crippen LogP contribution in [0.2, 0.25) is 0 Å². The molecule has 5 heteroatoms. The van der Waals surface area contributed by atoms with Crippen molar-refractivity contribution >= 4 is 0 Å². The monoisotopic (exact) mass is 182 g/mol. The van der Waals surface area contributed by atoms with E-state index in [1.165, 1.54) is 7.05 Å². The summed E-state index contributed by atoms with van der Waals surface area (Å²) in [7, 11) is 1.45. The quantitative estimate of drug-likeness (QED) is 0.582. The van der Waals surface area contributed by atoms with E-state index in [0.717, 1.165) is 4.57 Å². The Labute approximate surface area is 74.0 Å². The van der Waals surface area contributed by atoms with Crippen LogP contribution in [-0.2, 0) is 13.5 Å². The molecule has 1 atom stereocenters. The van der Waals surface area contributed by atoms with Gasteiger partial charge in [-0.3, -0.25) is 14.3 Å². The summed E-state index contributed by atoms with van der Waals surface area (Å²) >= 11 is 0. The average molecular weight is 182 g/mol. The first kappa shape index (κ1) is 8.10. The molecule has 1 N–H and O–H groups in total. The van der Waals surface area contributed by atoms with Gasteiger partial charge in [-0.15, -0.1) is 0 Å². The van der Waals surface area contributed by atoms with Gasteiger partial charge in [0.2, 0.25) is 5.88 Å². The molecule has 0 amide bonds. The molecule has 0 saturated carbocycles. The molecule has 70 valence electrons. The smallest absolute Gasteiger partial charge is 0.330 e. The van der Waals surface area contributed by atoms with Crippen LogP contribution >= 0.6 is 0 Å². The topological polar surface area (TPSA) is 64.1 Å². The van der Waals surface area contributed by atoms with E-state index in [1.807, 2.05) is 6.92 Å². The first-order chi connectivity index (χ1) is 6.09. The maximum absolute atomic E-state index is 11.5. The average Bonchev–Trinajstić information content (AvgIpc) is 2.42. The van der Waals surface area contributed by atoms with Crippen molar-refractivity contribution in [2.24, 2.45) is 7.05 Å². The van der Waals surface area contributed by atoms with Crippen LogP contribution in [0.5, 0.6) is 5.88 Å². The number of rotatable bonds is 0. The molecule has 0 saturated heterocycles. The Balaban J connectivity index is 2.74. The van der Waals surface area contributed by atoms with E-state index in [1.54, 1.807) is 0 Å². The molecule has 0 aromatic carbocycles. The molecule has 0 fully saturated rings. The van der Waals surface area contributed by atoms with Crippen molar-refractivity contribution in [2.75, 3.05) is 0 Å². The summed E-state index contributed by atoms with van der Waals surface area (Å²) in [5.74, 6) is 0.334. The van der Waals surface area contributed by atoms with Crippen LogP contribution in [-0.4, -0.2) is 15.7 Å². The second-order valence-corrected chi connectivity index (χ2v) is 3.23. The third-order valence-electron chi connectivity index (χ3n) is 2.17. The lowest BCUT2D eigenvalue weighted by Gasteiger charge is -2.01. The molecular formula is C8H10N2O3. The summed E-state index contributed by atoms with van der Waals surface area (Å²) in [6.07, 6.45) is 0.541. The minimum atomic E-state index is -0.433. The summed E-state index contributed by atoms with van der Waals surface area (Å²) in [4.78, 5) is 25.1. The number of fused-ring (bicyclic) bond motifs is 1. The SMILES string of the molecule is C[C@H]1Cc2c([nH]c(=O)n(C)c2=O)O1. The van der Waals surface area contributed by atoms with Gasteiger partial charge >= 0.3 is 5.69 Å². The third kappa shape index (κ3) is 1.07. The lowest BCUT2D eigenvalue weighted by Crippen LogP contribution is -2.33. The maximum atomic E-state index is 11.5. The number of H-pyrrole nitrogens is 1. The number of hydrogen-bond donors (Lipinski definition) is 1. The van der Waals surface area contributed by atoms with Crippen LogP contribution in [0.1, 0.15) is 12.5 Å². The number of nitrogens with zero attached hydrogens (tertiary/aromatic N) is 1. The van der Waals surface area contributed by atoms with E-state index in [4.69, 9.17) is 4.74 Å². The molecular weight excluding hydrogens is 172 g/mol. The van der Waals surface area contributed by atoms with E-state index in [0.29, 0.717) is 17.9 Å². The molecule has 1 aliphatic rings. The number of hydrogen-bond acceptors (Lipinski definition) is 3. The number of ether oxygens (including phenoxy) is 1. The van der Waals surface area contributed by atoms with Crippen molar-refractivity contribution in [1.29, 1.82) is 0 Å². The van der Waals surface area contributed by atoms with E-state index < -0.39 is 5.69 Å². The lowest BCUT2D eigenvalue weighted by atomic mass is 10.2. The van der Waals surface area contributed by atoms with Gasteiger partial charge in [-0.25, -0.2) is 4.79 Å². The van der Waals surface area contributed by atoms with Gasteiger partial charge in [0.15, 0.2) is 0 Å². The Hall–Kier alpha value is -1.52. The molecule has 2 rings (SSSR count). The Kier molecular flexibility index (Phi) is 1.55. The van der Waals surface area contributed by atoms with Crippen LogP contribution < -0.4 is 16.0 Å². The fourth-order valence-corrected chi connectivity index (χ4v) is 1.46. The largest absolute Gasteiger partial charge is 0.475 e. The van der Waals surface area contributed by atoms with Gasteiger partial charge in [-0.05, 0) is 6.92 Å². The zero-order valence-corrected chi connectivity index (χ0v) is 7.46. The molecule has 5 nitrogen and oxygen atoms in total. The standard InChI is InChI=1S/C8H10N2O3/c1-4-3-5-6(13-4)9-8(12)10(2)7(5)11/h4H,3H2,1-2H3,(H,9,12)/t4-/m0/s1. The van der Waals surface area contributed by atoms with Gasteiger partial charge in [-0.2, -0.15) is 0 Å². The summed E-state index contributed by atoms with van der Waals surface area (Å²) in [5.41, 5.74) is -0.129. The van der Waals surface area contributed by atoms with Gasteiger partial charge < -0.3 is 4.74 Å². The fraction of sp³-hybridized carbons (Fsp3) is 0.500. The van der Waals surface area contributed by atoms with Crippen molar-refractivity contribution in [1.82, 2.24) is 9.55 Å². The molecule has 1 aromatic rings. The van der Waals surface area contributed by atoms with Gasteiger partial charge in [0, 0.05) is 13.5 Å². The highest BCUT2D eigenvalue weighted by Crippen LogP contribution is 2.20. The summed E-state index contributed by atoms with van der Waals surface area (Å²) < 4.78 is 6.31. The molecule has 0 unspecified atom stereocenters. The zero-order chi connectivity index (χ0) is 9.59. The van der Waals surface area contributed by atoms with Crippen LogP contribution in [0.3, 0.4) is 0 Å². The Morgan fingerprint density at radius 1 is 1.54 bits per heavy atom. The number of aromatic nitrogens is 2. The highest BCUT2D eigenvalue weighted by atomic mass is 16.5. The van der Waals surface area contributed by atoms with Gasteiger partial charge in [0.1, 0.15) is 6.10 Å². The van der Waals surface area contributed by atoms with Gasteiger partial charge in [0.05, 0.1) is 5.56 Å². The van der Waals surface area contributed by atoms with E-state index in [-0.39, 0.29) is 11.7 Å². The Morgan fingerprint density at radius 3 is 2.92 bits per heavy atom. The first-order valence-corrected chi connectivity index (χ1v) is 4.08. The molecule has 13 heavy (non-hydrogen) atoms. The van der Waals surface area contributed by atoms with E-state index >= 15 is 0 Å². The van der Waals surface area contributed by atoms with Gasteiger partial charge in [0.25, 0.3) is 5.56 Å². The molecule has 2 heterocycles. The van der Waals surface area contributed by atoms with E-state index in [2.05, 4.69) is 4.98 Å². The van der Waals surface area contributed by atoms with Crippen LogP contribution in [0.25, 0.3) is 0 Å². The summed E-state index contributed by atoms with van der Waals surface area (Å²) in [6, 6.07) is 0. The molecule has 0 bridgehead atoms. The molecule has 0 aliphatic carbocycles. The minimum Gasteiger partial charge on any atom is -0.475 e. The highest BCUT2D eigenvalue weighted by Gasteiger charge is 2.24.